The molecule has 1 saturated heterocycles. The molecule has 2 heterocycles. The van der Waals surface area contributed by atoms with Crippen LogP contribution < -0.4 is 10.2 Å². The van der Waals surface area contributed by atoms with Crippen molar-refractivity contribution in [3.63, 3.8) is 0 Å². The van der Waals surface area contributed by atoms with Crippen molar-refractivity contribution in [1.29, 1.82) is 0 Å². The van der Waals surface area contributed by atoms with Gasteiger partial charge in [-0.15, -0.1) is 0 Å². The number of hydrogen-bond donors (Lipinski definition) is 1. The SMILES string of the molecule is CS(=O)(=O)N1CCN(c2cncc(CNC3CC3)n2)CC1. The summed E-state index contributed by atoms with van der Waals surface area (Å²) in [7, 11) is -3.09. The zero-order valence-corrected chi connectivity index (χ0v) is 13.0. The maximum atomic E-state index is 11.5. The zero-order chi connectivity index (χ0) is 14.9. The minimum atomic E-state index is -3.09. The van der Waals surface area contributed by atoms with Crippen molar-refractivity contribution in [3.8, 4) is 0 Å². The molecule has 0 unspecified atom stereocenters. The van der Waals surface area contributed by atoms with Gasteiger partial charge in [-0.05, 0) is 12.8 Å². The highest BCUT2D eigenvalue weighted by Crippen LogP contribution is 2.19. The molecule has 1 aromatic heterocycles. The number of sulfonamides is 1. The molecule has 8 heteroatoms. The molecular formula is C13H21N5O2S. The van der Waals surface area contributed by atoms with E-state index in [1.54, 1.807) is 12.4 Å². The standard InChI is InChI=1S/C13H21N5O2S/c1-21(19,20)18-6-4-17(5-7-18)13-10-14-8-12(16-13)9-15-11-2-3-11/h8,10-11,15H,2-7,9H2,1H3. The predicted molar refractivity (Wildman–Crippen MR) is 80.5 cm³/mol. The maximum Gasteiger partial charge on any atom is 0.211 e. The number of hydrogen-bond acceptors (Lipinski definition) is 6. The second-order valence-electron chi connectivity index (χ2n) is 5.67. The molecule has 0 amide bonds. The third-order valence-corrected chi connectivity index (χ3v) is 5.16. The topological polar surface area (TPSA) is 78.4 Å². The Hall–Kier alpha value is -1.25. The van der Waals surface area contributed by atoms with Crippen molar-refractivity contribution in [2.45, 2.75) is 25.4 Å². The lowest BCUT2D eigenvalue weighted by atomic mass is 10.3. The molecule has 0 atom stereocenters. The molecule has 1 aliphatic carbocycles. The van der Waals surface area contributed by atoms with E-state index in [0.29, 0.717) is 32.2 Å². The number of anilines is 1. The highest BCUT2D eigenvalue weighted by Gasteiger charge is 2.24. The monoisotopic (exact) mass is 311 g/mol. The maximum absolute atomic E-state index is 11.5. The molecule has 7 nitrogen and oxygen atoms in total. The van der Waals surface area contributed by atoms with Crippen molar-refractivity contribution in [2.75, 3.05) is 37.3 Å². The summed E-state index contributed by atoms with van der Waals surface area (Å²) >= 11 is 0. The fraction of sp³-hybridized carbons (Fsp3) is 0.692. The number of aromatic nitrogens is 2. The molecule has 0 aromatic carbocycles. The van der Waals surface area contributed by atoms with Gasteiger partial charge in [-0.2, -0.15) is 4.31 Å². The first-order valence-corrected chi connectivity index (χ1v) is 9.11. The van der Waals surface area contributed by atoms with Crippen molar-refractivity contribution in [2.24, 2.45) is 0 Å². The first-order chi connectivity index (χ1) is 10.0. The van der Waals surface area contributed by atoms with Crippen LogP contribution in [0.5, 0.6) is 0 Å². The Kier molecular flexibility index (Phi) is 4.10. The molecule has 1 N–H and O–H groups in total. The van der Waals surface area contributed by atoms with Gasteiger partial charge in [0.15, 0.2) is 0 Å². The van der Waals surface area contributed by atoms with Gasteiger partial charge in [-0.3, -0.25) is 4.98 Å². The summed E-state index contributed by atoms with van der Waals surface area (Å²) in [6, 6.07) is 0.647. The van der Waals surface area contributed by atoms with Gasteiger partial charge in [-0.25, -0.2) is 13.4 Å². The summed E-state index contributed by atoms with van der Waals surface area (Å²) in [5.41, 5.74) is 0.935. The van der Waals surface area contributed by atoms with E-state index in [1.165, 1.54) is 23.4 Å². The Morgan fingerprint density at radius 2 is 1.95 bits per heavy atom. The van der Waals surface area contributed by atoms with Gasteiger partial charge in [0.1, 0.15) is 5.82 Å². The molecule has 0 spiro atoms. The summed E-state index contributed by atoms with van der Waals surface area (Å²) in [6.07, 6.45) is 7.29. The van der Waals surface area contributed by atoms with Crippen molar-refractivity contribution < 1.29 is 8.42 Å². The summed E-state index contributed by atoms with van der Waals surface area (Å²) < 4.78 is 24.5. The van der Waals surface area contributed by atoms with Gasteiger partial charge >= 0.3 is 0 Å². The van der Waals surface area contributed by atoms with Gasteiger partial charge in [0.2, 0.25) is 10.0 Å². The van der Waals surface area contributed by atoms with E-state index >= 15 is 0 Å². The molecule has 0 bridgehead atoms. The second-order valence-corrected chi connectivity index (χ2v) is 7.66. The molecule has 1 aliphatic heterocycles. The normalized spacial score (nSPS) is 20.7. The lowest BCUT2D eigenvalue weighted by molar-refractivity contribution is 0.386. The molecule has 116 valence electrons. The highest BCUT2D eigenvalue weighted by atomic mass is 32.2. The third-order valence-electron chi connectivity index (χ3n) is 3.85. The van der Waals surface area contributed by atoms with Gasteiger partial charge in [-0.1, -0.05) is 0 Å². The lowest BCUT2D eigenvalue weighted by Crippen LogP contribution is -2.48. The van der Waals surface area contributed by atoms with Crippen molar-refractivity contribution in [1.82, 2.24) is 19.6 Å². The van der Waals surface area contributed by atoms with E-state index in [2.05, 4.69) is 20.2 Å². The first kappa shape index (κ1) is 14.7. The van der Waals surface area contributed by atoms with Gasteiger partial charge < -0.3 is 10.2 Å². The van der Waals surface area contributed by atoms with Crippen LogP contribution in [0, 0.1) is 0 Å². The Labute approximate surface area is 125 Å². The summed E-state index contributed by atoms with van der Waals surface area (Å²) in [5.74, 6) is 0.832. The third kappa shape index (κ3) is 3.90. The molecule has 0 radical (unpaired) electrons. The smallest absolute Gasteiger partial charge is 0.211 e. The Morgan fingerprint density at radius 3 is 2.57 bits per heavy atom. The number of nitrogens with one attached hydrogen (secondary N) is 1. The van der Waals surface area contributed by atoms with Crippen molar-refractivity contribution in [3.05, 3.63) is 18.1 Å². The zero-order valence-electron chi connectivity index (χ0n) is 12.2. The quantitative estimate of drug-likeness (QED) is 0.812. The minimum Gasteiger partial charge on any atom is -0.353 e. The van der Waals surface area contributed by atoms with Crippen LogP contribution in [0.3, 0.4) is 0 Å². The second kappa shape index (κ2) is 5.86. The highest BCUT2D eigenvalue weighted by molar-refractivity contribution is 7.88. The summed E-state index contributed by atoms with van der Waals surface area (Å²) in [6.45, 7) is 3.06. The average Bonchev–Trinajstić information content (AvgIpc) is 3.29. The van der Waals surface area contributed by atoms with E-state index < -0.39 is 10.0 Å². The van der Waals surface area contributed by atoms with Crippen LogP contribution >= 0.6 is 0 Å². The van der Waals surface area contributed by atoms with Gasteiger partial charge in [0, 0.05) is 45.0 Å². The van der Waals surface area contributed by atoms with Gasteiger partial charge in [0.05, 0.1) is 18.1 Å². The molecule has 1 aromatic rings. The number of piperazine rings is 1. The molecule has 3 rings (SSSR count). The largest absolute Gasteiger partial charge is 0.353 e. The van der Waals surface area contributed by atoms with E-state index in [-0.39, 0.29) is 0 Å². The molecule has 2 fully saturated rings. The predicted octanol–water partition coefficient (Wildman–Crippen LogP) is -0.190. The van der Waals surface area contributed by atoms with Crippen LogP contribution in [0.1, 0.15) is 18.5 Å². The Balaban J connectivity index is 1.60. The van der Waals surface area contributed by atoms with Crippen molar-refractivity contribution >= 4 is 15.8 Å². The average molecular weight is 311 g/mol. The number of nitrogens with zero attached hydrogens (tertiary/aromatic N) is 4. The fourth-order valence-electron chi connectivity index (χ4n) is 2.42. The molecular weight excluding hydrogens is 290 g/mol. The van der Waals surface area contributed by atoms with Crippen LogP contribution in [0.15, 0.2) is 12.4 Å². The van der Waals surface area contributed by atoms with Crippen LogP contribution in [0.4, 0.5) is 5.82 Å². The molecule has 21 heavy (non-hydrogen) atoms. The fourth-order valence-corrected chi connectivity index (χ4v) is 3.24. The Bertz CT molecular complexity index is 594. The van der Waals surface area contributed by atoms with Gasteiger partial charge in [0.25, 0.3) is 0 Å². The summed E-state index contributed by atoms with van der Waals surface area (Å²) in [5, 5.41) is 3.42. The van der Waals surface area contributed by atoms with Crippen LogP contribution in [-0.2, 0) is 16.6 Å². The van der Waals surface area contributed by atoms with E-state index in [1.807, 2.05) is 0 Å². The van der Waals surface area contributed by atoms with E-state index in [0.717, 1.165) is 18.1 Å². The van der Waals surface area contributed by atoms with Crippen LogP contribution in [-0.4, -0.2) is 61.2 Å². The molecule has 1 saturated carbocycles. The lowest BCUT2D eigenvalue weighted by Gasteiger charge is -2.33. The Morgan fingerprint density at radius 1 is 1.24 bits per heavy atom. The first-order valence-electron chi connectivity index (χ1n) is 7.27. The summed E-state index contributed by atoms with van der Waals surface area (Å²) in [4.78, 5) is 11.0. The van der Waals surface area contributed by atoms with Crippen LogP contribution in [0.25, 0.3) is 0 Å². The van der Waals surface area contributed by atoms with E-state index in [4.69, 9.17) is 0 Å². The minimum absolute atomic E-state index is 0.505. The van der Waals surface area contributed by atoms with E-state index in [9.17, 15) is 8.42 Å². The number of rotatable bonds is 5. The molecule has 2 aliphatic rings. The van der Waals surface area contributed by atoms with Crippen LogP contribution in [0.2, 0.25) is 0 Å².